The van der Waals surface area contributed by atoms with Crippen molar-refractivity contribution in [3.05, 3.63) is 29.8 Å². The summed E-state index contributed by atoms with van der Waals surface area (Å²) in [4.78, 5) is 19.2. The zero-order chi connectivity index (χ0) is 17.8. The number of carbonyl (C=O) groups excluding carboxylic acids is 1. The molecule has 0 aromatic heterocycles. The number of anilines is 1. The van der Waals surface area contributed by atoms with Gasteiger partial charge in [-0.05, 0) is 49.8 Å². The smallest absolute Gasteiger partial charge is 0.244 e. The minimum atomic E-state index is -0.657. The van der Waals surface area contributed by atoms with Crippen LogP contribution in [0.2, 0.25) is 0 Å². The molecule has 6 heteroatoms. The lowest BCUT2D eigenvalue weighted by Crippen LogP contribution is -2.44. The topological polar surface area (TPSA) is 26.8 Å². The van der Waals surface area contributed by atoms with Crippen LogP contribution in [-0.4, -0.2) is 60.5 Å². The fourth-order valence-corrected chi connectivity index (χ4v) is 5.82. The van der Waals surface area contributed by atoms with Crippen molar-refractivity contribution in [2.75, 3.05) is 37.6 Å². The molecule has 4 nitrogen and oxygen atoms in total. The number of benzene rings is 1. The van der Waals surface area contributed by atoms with Crippen molar-refractivity contribution >= 4 is 11.6 Å². The number of fused-ring (bicyclic) bond motifs is 3. The molecule has 1 amide bonds. The number of hydrogen-bond acceptors (Lipinski definition) is 3. The first-order valence-electron chi connectivity index (χ1n) is 9.87. The third-order valence-corrected chi connectivity index (χ3v) is 6.97. The molecule has 5 rings (SSSR count). The van der Waals surface area contributed by atoms with Crippen molar-refractivity contribution in [2.24, 2.45) is 11.8 Å². The van der Waals surface area contributed by atoms with E-state index in [4.69, 9.17) is 0 Å². The van der Waals surface area contributed by atoms with Crippen LogP contribution in [0, 0.1) is 23.5 Å². The molecule has 4 aliphatic rings. The highest BCUT2D eigenvalue weighted by atomic mass is 19.1. The number of para-hydroxylation sites is 1. The van der Waals surface area contributed by atoms with E-state index in [-0.39, 0.29) is 17.6 Å². The molecule has 1 aromatic rings. The van der Waals surface area contributed by atoms with E-state index in [0.717, 1.165) is 19.6 Å². The third-order valence-electron chi connectivity index (χ3n) is 6.97. The van der Waals surface area contributed by atoms with Gasteiger partial charge in [0.15, 0.2) is 0 Å². The van der Waals surface area contributed by atoms with Crippen LogP contribution in [0.1, 0.15) is 25.7 Å². The Labute approximate surface area is 152 Å². The molecular formula is C20H25F2N3O. The summed E-state index contributed by atoms with van der Waals surface area (Å²) < 4.78 is 28.2. The van der Waals surface area contributed by atoms with Gasteiger partial charge in [0.2, 0.25) is 5.91 Å². The van der Waals surface area contributed by atoms with Gasteiger partial charge in [0.1, 0.15) is 17.3 Å². The lowest BCUT2D eigenvalue weighted by Gasteiger charge is -2.34. The Balaban J connectivity index is 1.31. The van der Waals surface area contributed by atoms with Crippen LogP contribution >= 0.6 is 0 Å². The number of hydrogen-bond donors (Lipinski definition) is 0. The summed E-state index contributed by atoms with van der Waals surface area (Å²) in [7, 11) is 0. The molecule has 0 spiro atoms. The maximum absolute atomic E-state index is 14.1. The Bertz CT molecular complexity index is 707. The van der Waals surface area contributed by atoms with Gasteiger partial charge < -0.3 is 4.90 Å². The van der Waals surface area contributed by atoms with Gasteiger partial charge in [0, 0.05) is 32.2 Å². The molecule has 0 bridgehead atoms. The second-order valence-electron chi connectivity index (χ2n) is 8.30. The molecule has 26 heavy (non-hydrogen) atoms. The summed E-state index contributed by atoms with van der Waals surface area (Å²) in [5.41, 5.74) is -0.183. The summed E-state index contributed by atoms with van der Waals surface area (Å²) in [6.45, 7) is 4.67. The van der Waals surface area contributed by atoms with Gasteiger partial charge in [-0.25, -0.2) is 8.78 Å². The molecule has 1 aromatic carbocycles. The molecule has 4 aliphatic heterocycles. The van der Waals surface area contributed by atoms with E-state index >= 15 is 0 Å². The van der Waals surface area contributed by atoms with Crippen LogP contribution in [0.4, 0.5) is 14.5 Å². The fraction of sp³-hybridized carbons (Fsp3) is 0.650. The van der Waals surface area contributed by atoms with Gasteiger partial charge in [0.25, 0.3) is 0 Å². The third kappa shape index (κ3) is 2.49. The normalized spacial score (nSPS) is 35.2. The first-order chi connectivity index (χ1) is 12.6. The van der Waals surface area contributed by atoms with Crippen LogP contribution in [0.15, 0.2) is 18.2 Å². The number of carbonyl (C=O) groups is 1. The number of rotatable bonds is 2. The quantitative estimate of drug-likeness (QED) is 0.810. The second-order valence-corrected chi connectivity index (χ2v) is 8.30. The van der Waals surface area contributed by atoms with Crippen LogP contribution in [0.3, 0.4) is 0 Å². The van der Waals surface area contributed by atoms with Gasteiger partial charge >= 0.3 is 0 Å². The van der Waals surface area contributed by atoms with Gasteiger partial charge in [0.05, 0.1) is 6.04 Å². The van der Waals surface area contributed by atoms with E-state index in [1.165, 1.54) is 48.9 Å². The average Bonchev–Trinajstić information content (AvgIpc) is 3.28. The predicted octanol–water partition coefficient (Wildman–Crippen LogP) is 2.49. The van der Waals surface area contributed by atoms with Crippen molar-refractivity contribution in [3.63, 3.8) is 0 Å². The Hall–Kier alpha value is -1.53. The maximum atomic E-state index is 14.1. The lowest BCUT2D eigenvalue weighted by atomic mass is 9.90. The SMILES string of the molecule is O=C1[C@H](N2C[C@@H]3CN4CCCC[C@H]4[C@@H]3C2)CCN1c1c(F)cccc1F. The van der Waals surface area contributed by atoms with E-state index < -0.39 is 11.6 Å². The number of amides is 1. The number of nitrogens with zero attached hydrogens (tertiary/aromatic N) is 3. The van der Waals surface area contributed by atoms with Crippen LogP contribution in [0.25, 0.3) is 0 Å². The average molecular weight is 361 g/mol. The molecular weight excluding hydrogens is 336 g/mol. The Morgan fingerprint density at radius 2 is 1.69 bits per heavy atom. The Morgan fingerprint density at radius 3 is 2.50 bits per heavy atom. The number of likely N-dealkylation sites (tertiary alicyclic amines) is 1. The van der Waals surface area contributed by atoms with E-state index in [1.54, 1.807) is 0 Å². The minimum Gasteiger partial charge on any atom is -0.306 e. The van der Waals surface area contributed by atoms with E-state index in [9.17, 15) is 13.6 Å². The Kier molecular flexibility index (Phi) is 4.01. The molecule has 4 atom stereocenters. The zero-order valence-electron chi connectivity index (χ0n) is 14.9. The van der Waals surface area contributed by atoms with Gasteiger partial charge in [-0.3, -0.25) is 14.6 Å². The lowest BCUT2D eigenvalue weighted by molar-refractivity contribution is -0.121. The molecule has 140 valence electrons. The summed E-state index contributed by atoms with van der Waals surface area (Å²) in [6.07, 6.45) is 4.55. The van der Waals surface area contributed by atoms with E-state index in [0.29, 0.717) is 30.8 Å². The van der Waals surface area contributed by atoms with Gasteiger partial charge in [-0.1, -0.05) is 12.5 Å². The van der Waals surface area contributed by atoms with Crippen molar-refractivity contribution in [1.29, 1.82) is 0 Å². The largest absolute Gasteiger partial charge is 0.306 e. The first-order valence-corrected chi connectivity index (χ1v) is 9.87. The molecule has 0 saturated carbocycles. The van der Waals surface area contributed by atoms with Gasteiger partial charge in [-0.15, -0.1) is 0 Å². The summed E-state index contributed by atoms with van der Waals surface area (Å²) >= 11 is 0. The van der Waals surface area contributed by atoms with Crippen molar-refractivity contribution in [3.8, 4) is 0 Å². The highest BCUT2D eigenvalue weighted by Gasteiger charge is 2.50. The van der Waals surface area contributed by atoms with Crippen LogP contribution < -0.4 is 4.90 Å². The second kappa shape index (κ2) is 6.27. The molecule has 4 fully saturated rings. The van der Waals surface area contributed by atoms with Gasteiger partial charge in [-0.2, -0.15) is 0 Å². The molecule has 0 radical (unpaired) electrons. The highest BCUT2D eigenvalue weighted by molar-refractivity contribution is 5.99. The standard InChI is InChI=1S/C20H25F2N3O/c21-15-4-3-5-16(22)19(15)25-9-7-18(20(25)26)24-11-13-10-23-8-2-1-6-17(23)14(13)12-24/h3-5,13-14,17-18H,1-2,6-12H2/t13-,14+,17-,18+/m0/s1. The van der Waals surface area contributed by atoms with E-state index in [1.807, 2.05) is 0 Å². The molecule has 0 unspecified atom stereocenters. The maximum Gasteiger partial charge on any atom is 0.244 e. The Morgan fingerprint density at radius 1 is 0.923 bits per heavy atom. The van der Waals surface area contributed by atoms with E-state index in [2.05, 4.69) is 9.80 Å². The first kappa shape index (κ1) is 16.6. The number of halogens is 2. The number of piperidine rings is 1. The van der Waals surface area contributed by atoms with Crippen molar-refractivity contribution in [1.82, 2.24) is 9.80 Å². The monoisotopic (exact) mass is 361 g/mol. The predicted molar refractivity (Wildman–Crippen MR) is 94.9 cm³/mol. The molecule has 4 saturated heterocycles. The highest BCUT2D eigenvalue weighted by Crippen LogP contribution is 2.42. The minimum absolute atomic E-state index is 0.144. The zero-order valence-corrected chi connectivity index (χ0v) is 14.9. The fourth-order valence-electron chi connectivity index (χ4n) is 5.82. The summed E-state index contributed by atoms with van der Waals surface area (Å²) in [6, 6.07) is 4.23. The van der Waals surface area contributed by atoms with Crippen molar-refractivity contribution in [2.45, 2.75) is 37.8 Å². The molecule has 0 aliphatic carbocycles. The van der Waals surface area contributed by atoms with Crippen molar-refractivity contribution < 1.29 is 13.6 Å². The summed E-state index contributed by atoms with van der Waals surface area (Å²) in [5, 5.41) is 0. The molecule has 4 heterocycles. The summed E-state index contributed by atoms with van der Waals surface area (Å²) in [5.74, 6) is -0.160. The van der Waals surface area contributed by atoms with Crippen LogP contribution in [-0.2, 0) is 4.79 Å². The van der Waals surface area contributed by atoms with Crippen LogP contribution in [0.5, 0.6) is 0 Å². The molecule has 0 N–H and O–H groups in total.